The molecule has 0 aliphatic heterocycles. The molecule has 0 atom stereocenters. The summed E-state index contributed by atoms with van der Waals surface area (Å²) in [6.07, 6.45) is 16.5. The number of carbonyl (C=O) groups excluding carboxylic acids is 3. The molecule has 0 radical (unpaired) electrons. The molecule has 0 unspecified atom stereocenters. The summed E-state index contributed by atoms with van der Waals surface area (Å²) in [6, 6.07) is 4.11. The topological polar surface area (TPSA) is 101 Å². The fourth-order valence-electron chi connectivity index (χ4n) is 3.42. The van der Waals surface area contributed by atoms with Crippen molar-refractivity contribution in [2.24, 2.45) is 0 Å². The molecule has 0 heterocycles. The Morgan fingerprint density at radius 2 is 1.30 bits per heavy atom. The highest BCUT2D eigenvalue weighted by Gasteiger charge is 2.09. The van der Waals surface area contributed by atoms with Crippen LogP contribution in [-0.2, 0) is 9.59 Å². The van der Waals surface area contributed by atoms with Crippen LogP contribution in [0.4, 0.5) is 5.69 Å². The number of carboxylic acids is 1. The van der Waals surface area contributed by atoms with Gasteiger partial charge in [-0.2, -0.15) is 0 Å². The van der Waals surface area contributed by atoms with Gasteiger partial charge in [0.1, 0.15) is 12.6 Å². The third kappa shape index (κ3) is 12.1. The minimum atomic E-state index is -1.14. The van der Waals surface area contributed by atoms with Crippen molar-refractivity contribution in [1.82, 2.24) is 0 Å². The molecule has 0 saturated heterocycles. The molecule has 0 saturated carbocycles. The average Bonchev–Trinajstić information content (AvgIpc) is 2.73. The minimum absolute atomic E-state index is 0.0206. The van der Waals surface area contributed by atoms with Crippen LogP contribution in [0.1, 0.15) is 111 Å². The second kappa shape index (κ2) is 16.3. The number of nitrogens with one attached hydrogen (secondary N) is 1. The number of carboxylic acid groups (broad SMARTS) is 1. The standard InChI is InChI=1S/C24H35NO5/c26-15-13-11-9-7-5-3-1-2-4-6-8-10-12-14-23(28)25-22-17-20(19-27)16-21(18-22)24(29)30/h15-19H,1-14H2,(H,25,28)(H,29,30). The van der Waals surface area contributed by atoms with E-state index in [1.807, 2.05) is 0 Å². The zero-order valence-electron chi connectivity index (χ0n) is 17.9. The summed E-state index contributed by atoms with van der Waals surface area (Å²) in [7, 11) is 0. The zero-order chi connectivity index (χ0) is 22.0. The minimum Gasteiger partial charge on any atom is -0.478 e. The summed E-state index contributed by atoms with van der Waals surface area (Å²) in [5.74, 6) is -1.30. The molecule has 0 aromatic heterocycles. The van der Waals surface area contributed by atoms with E-state index in [1.54, 1.807) is 0 Å². The fourth-order valence-corrected chi connectivity index (χ4v) is 3.42. The Hall–Kier alpha value is -2.50. The van der Waals surface area contributed by atoms with Gasteiger partial charge in [-0.15, -0.1) is 0 Å². The van der Waals surface area contributed by atoms with Crippen LogP contribution in [0.2, 0.25) is 0 Å². The average molecular weight is 418 g/mol. The molecule has 0 spiro atoms. The summed E-state index contributed by atoms with van der Waals surface area (Å²) in [4.78, 5) is 44.3. The second-order valence-electron chi connectivity index (χ2n) is 7.76. The van der Waals surface area contributed by atoms with Crippen molar-refractivity contribution < 1.29 is 24.3 Å². The van der Waals surface area contributed by atoms with Gasteiger partial charge in [-0.05, 0) is 31.0 Å². The smallest absolute Gasteiger partial charge is 0.335 e. The lowest BCUT2D eigenvalue weighted by molar-refractivity contribution is -0.116. The molecule has 1 amide bonds. The predicted molar refractivity (Wildman–Crippen MR) is 118 cm³/mol. The monoisotopic (exact) mass is 417 g/mol. The molecule has 0 aliphatic carbocycles. The summed E-state index contributed by atoms with van der Waals surface area (Å²) in [5, 5.41) is 11.7. The molecule has 1 rings (SSSR count). The Kier molecular flexibility index (Phi) is 13.9. The van der Waals surface area contributed by atoms with Crippen LogP contribution in [-0.4, -0.2) is 29.6 Å². The lowest BCUT2D eigenvalue weighted by Gasteiger charge is -2.07. The summed E-state index contributed by atoms with van der Waals surface area (Å²) < 4.78 is 0. The Morgan fingerprint density at radius 3 is 1.80 bits per heavy atom. The van der Waals surface area contributed by atoms with E-state index >= 15 is 0 Å². The van der Waals surface area contributed by atoms with E-state index in [-0.39, 0.29) is 17.0 Å². The summed E-state index contributed by atoms with van der Waals surface area (Å²) in [5.41, 5.74) is 0.543. The molecule has 1 aromatic carbocycles. The SMILES string of the molecule is O=CCCCCCCCCCCCCCCC(=O)Nc1cc(C=O)cc(C(=O)O)c1. The lowest BCUT2D eigenvalue weighted by atomic mass is 10.0. The van der Waals surface area contributed by atoms with Gasteiger partial charge in [0.25, 0.3) is 0 Å². The number of aldehydes is 2. The van der Waals surface area contributed by atoms with Crippen molar-refractivity contribution in [3.05, 3.63) is 29.3 Å². The molecule has 166 valence electrons. The molecule has 6 nitrogen and oxygen atoms in total. The number of unbranched alkanes of at least 4 members (excludes halogenated alkanes) is 12. The number of rotatable bonds is 18. The first-order chi connectivity index (χ1) is 14.6. The number of hydrogen-bond acceptors (Lipinski definition) is 4. The van der Waals surface area contributed by atoms with Gasteiger partial charge in [-0.1, -0.05) is 64.2 Å². The van der Waals surface area contributed by atoms with Crippen LogP contribution in [0.15, 0.2) is 18.2 Å². The molecule has 6 heteroatoms. The number of carbonyl (C=O) groups is 4. The first-order valence-electron chi connectivity index (χ1n) is 11.1. The van der Waals surface area contributed by atoms with E-state index < -0.39 is 5.97 Å². The highest BCUT2D eigenvalue weighted by molar-refractivity contribution is 5.96. The number of benzene rings is 1. The van der Waals surface area contributed by atoms with Crippen LogP contribution < -0.4 is 5.32 Å². The van der Waals surface area contributed by atoms with Crippen molar-refractivity contribution in [1.29, 1.82) is 0 Å². The highest BCUT2D eigenvalue weighted by atomic mass is 16.4. The maximum Gasteiger partial charge on any atom is 0.335 e. The van der Waals surface area contributed by atoms with E-state index in [0.29, 0.717) is 24.8 Å². The van der Waals surface area contributed by atoms with E-state index in [1.165, 1.54) is 63.1 Å². The predicted octanol–water partition coefficient (Wildman–Crippen LogP) is 5.80. The van der Waals surface area contributed by atoms with Gasteiger partial charge in [0.15, 0.2) is 0 Å². The van der Waals surface area contributed by atoms with Crippen LogP contribution in [0.3, 0.4) is 0 Å². The Balaban J connectivity index is 2.05. The molecule has 1 aromatic rings. The number of hydrogen-bond donors (Lipinski definition) is 2. The van der Waals surface area contributed by atoms with Gasteiger partial charge >= 0.3 is 5.97 Å². The Bertz CT molecular complexity index is 672. The van der Waals surface area contributed by atoms with Crippen molar-refractivity contribution in [3.63, 3.8) is 0 Å². The third-order valence-corrected chi connectivity index (χ3v) is 5.10. The Morgan fingerprint density at radius 1 is 0.767 bits per heavy atom. The maximum atomic E-state index is 12.0. The highest BCUT2D eigenvalue weighted by Crippen LogP contribution is 2.16. The van der Waals surface area contributed by atoms with Crippen molar-refractivity contribution in [2.45, 2.75) is 89.9 Å². The fraction of sp³-hybridized carbons (Fsp3) is 0.583. The van der Waals surface area contributed by atoms with Gasteiger partial charge in [-0.25, -0.2) is 4.79 Å². The van der Waals surface area contributed by atoms with Gasteiger partial charge < -0.3 is 15.2 Å². The molecule has 30 heavy (non-hydrogen) atoms. The van der Waals surface area contributed by atoms with Crippen LogP contribution >= 0.6 is 0 Å². The van der Waals surface area contributed by atoms with Crippen molar-refractivity contribution >= 4 is 30.1 Å². The zero-order valence-corrected chi connectivity index (χ0v) is 17.9. The van der Waals surface area contributed by atoms with E-state index in [0.717, 1.165) is 38.4 Å². The quantitative estimate of drug-likeness (QED) is 0.232. The van der Waals surface area contributed by atoms with Crippen molar-refractivity contribution in [2.75, 3.05) is 5.32 Å². The third-order valence-electron chi connectivity index (χ3n) is 5.10. The number of anilines is 1. The number of aromatic carboxylic acids is 1. The molecular weight excluding hydrogens is 382 g/mol. The largest absolute Gasteiger partial charge is 0.478 e. The maximum absolute atomic E-state index is 12.0. The van der Waals surface area contributed by atoms with Crippen LogP contribution in [0.5, 0.6) is 0 Å². The van der Waals surface area contributed by atoms with Crippen molar-refractivity contribution in [3.8, 4) is 0 Å². The van der Waals surface area contributed by atoms with E-state index in [9.17, 15) is 19.2 Å². The Labute approximate surface area is 179 Å². The summed E-state index contributed by atoms with van der Waals surface area (Å²) in [6.45, 7) is 0. The second-order valence-corrected chi connectivity index (χ2v) is 7.76. The first-order valence-corrected chi connectivity index (χ1v) is 11.1. The normalized spacial score (nSPS) is 10.5. The lowest BCUT2D eigenvalue weighted by Crippen LogP contribution is -2.12. The van der Waals surface area contributed by atoms with E-state index in [4.69, 9.17) is 5.11 Å². The molecule has 2 N–H and O–H groups in total. The molecule has 0 aliphatic rings. The number of amides is 1. The van der Waals surface area contributed by atoms with Crippen LogP contribution in [0, 0.1) is 0 Å². The van der Waals surface area contributed by atoms with Gasteiger partial charge in [-0.3, -0.25) is 9.59 Å². The van der Waals surface area contributed by atoms with Crippen LogP contribution in [0.25, 0.3) is 0 Å². The van der Waals surface area contributed by atoms with Gasteiger partial charge in [0, 0.05) is 24.1 Å². The van der Waals surface area contributed by atoms with E-state index in [2.05, 4.69) is 5.32 Å². The molecular formula is C24H35NO5. The molecule has 0 bridgehead atoms. The molecule has 0 fully saturated rings. The first kappa shape index (κ1) is 25.5. The summed E-state index contributed by atoms with van der Waals surface area (Å²) >= 11 is 0. The van der Waals surface area contributed by atoms with Gasteiger partial charge in [0.2, 0.25) is 5.91 Å². The van der Waals surface area contributed by atoms with Gasteiger partial charge in [0.05, 0.1) is 5.56 Å².